The largest absolute Gasteiger partial charge is 0.283 e. The maximum atomic E-state index is 11.3. The lowest BCUT2D eigenvalue weighted by Crippen LogP contribution is -2.29. The number of allylic oxidation sites excluding steroid dienone is 2. The van der Waals surface area contributed by atoms with Crippen LogP contribution in [-0.2, 0) is 9.59 Å². The third kappa shape index (κ3) is 5.30. The Morgan fingerprint density at radius 3 is 2.24 bits per heavy atom. The maximum absolute atomic E-state index is 11.3. The summed E-state index contributed by atoms with van der Waals surface area (Å²) in [5.41, 5.74) is 0. The molecule has 0 N–H and O–H groups in total. The summed E-state index contributed by atoms with van der Waals surface area (Å²) in [5, 5.41) is 0. The van der Waals surface area contributed by atoms with Crippen molar-refractivity contribution in [3.8, 4) is 0 Å². The van der Waals surface area contributed by atoms with Crippen LogP contribution in [0.25, 0.3) is 0 Å². The first-order valence-electron chi connectivity index (χ1n) is 6.38. The number of imide groups is 1. The summed E-state index contributed by atoms with van der Waals surface area (Å²) in [7, 11) is -0.970. The van der Waals surface area contributed by atoms with E-state index in [2.05, 4.69) is 31.8 Å². The fraction of sp³-hybridized carbons (Fsp3) is 0.692. The Labute approximate surface area is 105 Å². The van der Waals surface area contributed by atoms with E-state index in [1.807, 2.05) is 0 Å². The second kappa shape index (κ2) is 6.14. The number of nitrogens with zero attached hydrogens (tertiary/aromatic N) is 1. The van der Waals surface area contributed by atoms with Gasteiger partial charge in [0.05, 0.1) is 0 Å². The lowest BCUT2D eigenvalue weighted by atomic mass is 10.3. The summed E-state index contributed by atoms with van der Waals surface area (Å²) in [4.78, 5) is 24.1. The molecule has 0 unspecified atom stereocenters. The normalized spacial score (nSPS) is 17.5. The first-order valence-corrected chi connectivity index (χ1v) is 10.1. The Bertz CT molecular complexity index is 302. The van der Waals surface area contributed by atoms with Gasteiger partial charge in [-0.2, -0.15) is 0 Å². The van der Waals surface area contributed by atoms with E-state index in [0.717, 1.165) is 12.8 Å². The highest BCUT2D eigenvalue weighted by atomic mass is 28.3. The summed E-state index contributed by atoms with van der Waals surface area (Å²) in [5.74, 6) is 0.00200. The average molecular weight is 253 g/mol. The smallest absolute Gasteiger partial charge is 0.229 e. The zero-order chi connectivity index (χ0) is 12.9. The molecule has 0 spiro atoms. The molecular weight excluding hydrogens is 230 g/mol. The van der Waals surface area contributed by atoms with Crippen LogP contribution in [0.1, 0.15) is 25.7 Å². The molecule has 0 aromatic rings. The molecule has 0 radical (unpaired) electrons. The van der Waals surface area contributed by atoms with Crippen LogP contribution in [0.3, 0.4) is 0 Å². The zero-order valence-electron chi connectivity index (χ0n) is 11.2. The van der Waals surface area contributed by atoms with Crippen molar-refractivity contribution in [2.75, 3.05) is 6.54 Å². The Morgan fingerprint density at radius 2 is 1.71 bits per heavy atom. The van der Waals surface area contributed by atoms with Crippen molar-refractivity contribution in [3.05, 3.63) is 12.2 Å². The number of unbranched alkanes of at least 4 members (excludes halogenated alkanes) is 1. The second-order valence-electron chi connectivity index (χ2n) is 5.82. The summed E-state index contributed by atoms with van der Waals surface area (Å²) in [6.45, 7) is 7.63. The highest BCUT2D eigenvalue weighted by molar-refractivity contribution is 6.76. The molecule has 1 aliphatic rings. The van der Waals surface area contributed by atoms with Crippen LogP contribution >= 0.6 is 0 Å². The van der Waals surface area contributed by atoms with E-state index in [9.17, 15) is 9.59 Å². The van der Waals surface area contributed by atoms with Gasteiger partial charge < -0.3 is 0 Å². The van der Waals surface area contributed by atoms with E-state index in [1.165, 1.54) is 10.9 Å². The Morgan fingerprint density at radius 1 is 1.12 bits per heavy atom. The van der Waals surface area contributed by atoms with Gasteiger partial charge in [0.15, 0.2) is 0 Å². The monoisotopic (exact) mass is 253 g/mol. The van der Waals surface area contributed by atoms with Crippen LogP contribution in [0.5, 0.6) is 0 Å². The first-order chi connectivity index (χ1) is 7.90. The van der Waals surface area contributed by atoms with Crippen LogP contribution in [0.4, 0.5) is 0 Å². The third-order valence-electron chi connectivity index (χ3n) is 2.80. The molecule has 0 atom stereocenters. The fourth-order valence-electron chi connectivity index (χ4n) is 1.79. The number of hydrogen-bond donors (Lipinski definition) is 0. The highest BCUT2D eigenvalue weighted by Crippen LogP contribution is 2.13. The molecule has 1 aliphatic heterocycles. The Balaban J connectivity index is 2.16. The third-order valence-corrected chi connectivity index (χ3v) is 4.26. The quantitative estimate of drug-likeness (QED) is 0.316. The van der Waals surface area contributed by atoms with Crippen molar-refractivity contribution >= 4 is 19.9 Å². The van der Waals surface area contributed by atoms with Crippen LogP contribution in [0, 0.1) is 0 Å². The summed E-state index contributed by atoms with van der Waals surface area (Å²) in [6.07, 6.45) is 7.10. The van der Waals surface area contributed by atoms with Gasteiger partial charge in [0.1, 0.15) is 0 Å². The van der Waals surface area contributed by atoms with Crippen molar-refractivity contribution in [2.24, 2.45) is 0 Å². The minimum absolute atomic E-state index is 0.000999. The molecular formula is C13H23NO2Si. The number of hydrogen-bond acceptors (Lipinski definition) is 2. The number of rotatable bonds is 6. The molecule has 3 nitrogen and oxygen atoms in total. The predicted octanol–water partition coefficient (Wildman–Crippen LogP) is 2.81. The molecule has 1 saturated heterocycles. The zero-order valence-corrected chi connectivity index (χ0v) is 12.2. The van der Waals surface area contributed by atoms with Crippen molar-refractivity contribution < 1.29 is 9.59 Å². The molecule has 1 heterocycles. The molecule has 0 aromatic carbocycles. The molecule has 0 aromatic heterocycles. The van der Waals surface area contributed by atoms with E-state index < -0.39 is 8.07 Å². The molecule has 0 bridgehead atoms. The fourth-order valence-corrected chi connectivity index (χ4v) is 2.67. The molecule has 1 fully saturated rings. The number of carbonyl (C=O) groups excluding carboxylic acids is 2. The molecule has 1 rings (SSSR count). The maximum Gasteiger partial charge on any atom is 0.229 e. The molecule has 4 heteroatoms. The van der Waals surface area contributed by atoms with Gasteiger partial charge in [0.2, 0.25) is 11.8 Å². The molecule has 2 amide bonds. The van der Waals surface area contributed by atoms with Gasteiger partial charge in [-0.25, -0.2) is 0 Å². The van der Waals surface area contributed by atoms with Gasteiger partial charge >= 0.3 is 0 Å². The molecule has 0 aliphatic carbocycles. The van der Waals surface area contributed by atoms with Gasteiger partial charge in [-0.15, -0.1) is 0 Å². The van der Waals surface area contributed by atoms with E-state index in [0.29, 0.717) is 19.4 Å². The summed E-state index contributed by atoms with van der Waals surface area (Å²) >= 11 is 0. The standard InChI is InChI=1S/C13H23NO2Si/c1-17(2,3)11-7-5-4-6-10-14-12(15)8-9-13(14)16/h5,7H,4,6,8-11H2,1-3H3. The van der Waals surface area contributed by atoms with E-state index in [-0.39, 0.29) is 11.8 Å². The van der Waals surface area contributed by atoms with Crippen molar-refractivity contribution in [2.45, 2.75) is 51.4 Å². The highest BCUT2D eigenvalue weighted by Gasteiger charge is 2.27. The second-order valence-corrected chi connectivity index (χ2v) is 11.3. The molecule has 17 heavy (non-hydrogen) atoms. The van der Waals surface area contributed by atoms with Gasteiger partial charge in [0.25, 0.3) is 0 Å². The van der Waals surface area contributed by atoms with E-state index in [4.69, 9.17) is 0 Å². The Kier molecular flexibility index (Phi) is 5.12. The minimum atomic E-state index is -0.970. The van der Waals surface area contributed by atoms with Crippen LogP contribution in [0.2, 0.25) is 25.7 Å². The first kappa shape index (κ1) is 14.2. The molecule has 0 saturated carbocycles. The van der Waals surface area contributed by atoms with Crippen LogP contribution in [0.15, 0.2) is 12.2 Å². The lowest BCUT2D eigenvalue weighted by Gasteiger charge is -2.13. The van der Waals surface area contributed by atoms with E-state index >= 15 is 0 Å². The van der Waals surface area contributed by atoms with Crippen molar-refractivity contribution in [1.82, 2.24) is 4.90 Å². The van der Waals surface area contributed by atoms with Crippen molar-refractivity contribution in [3.63, 3.8) is 0 Å². The van der Waals surface area contributed by atoms with Crippen molar-refractivity contribution in [1.29, 1.82) is 0 Å². The molecule has 96 valence electrons. The average Bonchev–Trinajstić information content (AvgIpc) is 2.52. The van der Waals surface area contributed by atoms with Crippen LogP contribution < -0.4 is 0 Å². The summed E-state index contributed by atoms with van der Waals surface area (Å²) in [6, 6.07) is 1.20. The topological polar surface area (TPSA) is 37.4 Å². The van der Waals surface area contributed by atoms with Gasteiger partial charge in [-0.3, -0.25) is 14.5 Å². The summed E-state index contributed by atoms with van der Waals surface area (Å²) < 4.78 is 0. The van der Waals surface area contributed by atoms with Gasteiger partial charge in [0, 0.05) is 27.5 Å². The Hall–Kier alpha value is -0.903. The van der Waals surface area contributed by atoms with Gasteiger partial charge in [-0.1, -0.05) is 31.8 Å². The van der Waals surface area contributed by atoms with Crippen LogP contribution in [-0.4, -0.2) is 31.3 Å². The SMILES string of the molecule is C[Si](C)(C)CC=CCCCN1C(=O)CCC1=O. The number of amides is 2. The predicted molar refractivity (Wildman–Crippen MR) is 72.5 cm³/mol. The van der Waals surface area contributed by atoms with E-state index in [1.54, 1.807) is 0 Å². The van der Waals surface area contributed by atoms with Gasteiger partial charge in [-0.05, 0) is 18.9 Å². The number of carbonyl (C=O) groups is 2. The number of likely N-dealkylation sites (tertiary alicyclic amines) is 1. The lowest BCUT2D eigenvalue weighted by molar-refractivity contribution is -0.138. The minimum Gasteiger partial charge on any atom is -0.283 e.